The number of esters is 1. The summed E-state index contributed by atoms with van der Waals surface area (Å²) in [5, 5.41) is 0. The van der Waals surface area contributed by atoms with E-state index in [1.807, 2.05) is 0 Å². The first kappa shape index (κ1) is 26.1. The number of rotatable bonds is 6. The quantitative estimate of drug-likeness (QED) is 0.373. The van der Waals surface area contributed by atoms with Crippen molar-refractivity contribution in [2.24, 2.45) is 5.92 Å². The zero-order valence-electron chi connectivity index (χ0n) is 19.5. The molecule has 0 saturated carbocycles. The molecule has 0 radical (unpaired) electrons. The van der Waals surface area contributed by atoms with Gasteiger partial charge in [0.2, 0.25) is 0 Å². The Bertz CT molecular complexity index is 794. The molecular formula is C22H32N2O7. The fourth-order valence-electron chi connectivity index (χ4n) is 2.46. The molecule has 9 nitrogen and oxygen atoms in total. The Morgan fingerprint density at radius 2 is 1.52 bits per heavy atom. The van der Waals surface area contributed by atoms with Crippen LogP contribution >= 0.6 is 0 Å². The SMILES string of the molecule is CCOC(=O)C(Cc1ccnc(N(C(=O)OC(C)(C)C)C(=O)OC(C)(C)C)c1)C(C)=O. The first-order chi connectivity index (χ1) is 14.1. The maximum absolute atomic E-state index is 12.8. The van der Waals surface area contributed by atoms with Crippen LogP contribution in [0.4, 0.5) is 15.4 Å². The number of imide groups is 1. The van der Waals surface area contributed by atoms with E-state index >= 15 is 0 Å². The van der Waals surface area contributed by atoms with Crippen LogP contribution in [-0.4, -0.2) is 46.7 Å². The second-order valence-corrected chi connectivity index (χ2v) is 8.94. The average Bonchev–Trinajstić information content (AvgIpc) is 2.56. The van der Waals surface area contributed by atoms with Gasteiger partial charge in [0.15, 0.2) is 0 Å². The van der Waals surface area contributed by atoms with Crippen molar-refractivity contribution in [1.82, 2.24) is 4.98 Å². The number of pyridine rings is 1. The van der Waals surface area contributed by atoms with Gasteiger partial charge in [0.25, 0.3) is 0 Å². The predicted molar refractivity (Wildman–Crippen MR) is 114 cm³/mol. The predicted octanol–water partition coefficient (Wildman–Crippen LogP) is 4.07. The molecule has 9 heteroatoms. The number of ketones is 1. The van der Waals surface area contributed by atoms with Crippen molar-refractivity contribution in [2.45, 2.75) is 73.0 Å². The number of carbonyl (C=O) groups excluding carboxylic acids is 4. The Labute approximate surface area is 183 Å². The molecule has 31 heavy (non-hydrogen) atoms. The molecule has 2 amide bonds. The van der Waals surface area contributed by atoms with Crippen molar-refractivity contribution in [2.75, 3.05) is 11.5 Å². The van der Waals surface area contributed by atoms with Gasteiger partial charge in [-0.2, -0.15) is 4.90 Å². The van der Waals surface area contributed by atoms with E-state index in [-0.39, 0.29) is 24.6 Å². The highest BCUT2D eigenvalue weighted by molar-refractivity contribution is 6.08. The van der Waals surface area contributed by atoms with Crippen molar-refractivity contribution >= 4 is 29.8 Å². The third-order valence-electron chi connectivity index (χ3n) is 3.69. The molecule has 1 rings (SSSR count). The lowest BCUT2D eigenvalue weighted by Gasteiger charge is -2.28. The van der Waals surface area contributed by atoms with Crippen molar-refractivity contribution in [3.63, 3.8) is 0 Å². The summed E-state index contributed by atoms with van der Waals surface area (Å²) < 4.78 is 15.6. The van der Waals surface area contributed by atoms with Gasteiger partial charge in [0.05, 0.1) is 6.61 Å². The first-order valence-electron chi connectivity index (χ1n) is 10.0. The zero-order valence-corrected chi connectivity index (χ0v) is 19.5. The summed E-state index contributed by atoms with van der Waals surface area (Å²) in [4.78, 5) is 54.4. The molecule has 1 aromatic rings. The molecule has 1 aromatic heterocycles. The van der Waals surface area contributed by atoms with Crippen LogP contribution in [0.25, 0.3) is 0 Å². The lowest BCUT2D eigenvalue weighted by Crippen LogP contribution is -2.44. The molecule has 1 heterocycles. The smallest absolute Gasteiger partial charge is 0.425 e. The maximum Gasteiger partial charge on any atom is 0.425 e. The highest BCUT2D eigenvalue weighted by atomic mass is 16.6. The van der Waals surface area contributed by atoms with E-state index in [4.69, 9.17) is 14.2 Å². The van der Waals surface area contributed by atoms with Crippen LogP contribution in [-0.2, 0) is 30.2 Å². The number of anilines is 1. The standard InChI is InChI=1S/C22H32N2O7/c1-9-29-18(26)16(14(2)25)12-15-10-11-23-17(13-15)24(19(27)30-21(3,4)5)20(28)31-22(6,7)8/h10-11,13,16H,9,12H2,1-8H3. The summed E-state index contributed by atoms with van der Waals surface area (Å²) in [6.07, 6.45) is -0.519. The topological polar surface area (TPSA) is 112 Å². The van der Waals surface area contributed by atoms with E-state index in [0.29, 0.717) is 10.5 Å². The Morgan fingerprint density at radius 1 is 1.00 bits per heavy atom. The molecule has 172 valence electrons. The van der Waals surface area contributed by atoms with Gasteiger partial charge in [-0.25, -0.2) is 14.6 Å². The highest BCUT2D eigenvalue weighted by Gasteiger charge is 2.34. The summed E-state index contributed by atoms with van der Waals surface area (Å²) in [5.74, 6) is -2.05. The second kappa shape index (κ2) is 10.4. The van der Waals surface area contributed by atoms with Gasteiger partial charge in [0, 0.05) is 6.20 Å². The van der Waals surface area contributed by atoms with E-state index in [1.165, 1.54) is 19.2 Å². The summed E-state index contributed by atoms with van der Waals surface area (Å²) in [5.41, 5.74) is -1.22. The zero-order chi connectivity index (χ0) is 24.0. The maximum atomic E-state index is 12.8. The molecule has 0 saturated heterocycles. The molecular weight excluding hydrogens is 404 g/mol. The molecule has 0 N–H and O–H groups in total. The molecule has 1 unspecified atom stereocenters. The van der Waals surface area contributed by atoms with Crippen molar-refractivity contribution in [3.05, 3.63) is 23.9 Å². The number of ether oxygens (including phenoxy) is 3. The number of aromatic nitrogens is 1. The van der Waals surface area contributed by atoms with Gasteiger partial charge in [-0.05, 0) is 79.5 Å². The number of Topliss-reactive ketones (excluding diaryl/α,β-unsaturated/α-hetero) is 1. The van der Waals surface area contributed by atoms with Gasteiger partial charge in [0.1, 0.15) is 28.7 Å². The Morgan fingerprint density at radius 3 is 1.94 bits per heavy atom. The van der Waals surface area contributed by atoms with E-state index in [2.05, 4.69) is 4.98 Å². The Balaban J connectivity index is 3.30. The van der Waals surface area contributed by atoms with Crippen molar-refractivity contribution in [3.8, 4) is 0 Å². The van der Waals surface area contributed by atoms with Gasteiger partial charge in [-0.15, -0.1) is 0 Å². The van der Waals surface area contributed by atoms with Crippen LogP contribution < -0.4 is 4.90 Å². The fourth-order valence-corrected chi connectivity index (χ4v) is 2.46. The summed E-state index contributed by atoms with van der Waals surface area (Å²) in [6.45, 7) is 13.1. The van der Waals surface area contributed by atoms with E-state index in [0.717, 1.165) is 0 Å². The number of hydrogen-bond acceptors (Lipinski definition) is 8. The molecule has 0 aliphatic carbocycles. The molecule has 1 atom stereocenters. The summed E-state index contributed by atoms with van der Waals surface area (Å²) in [7, 11) is 0. The number of amides is 2. The molecule has 0 aromatic carbocycles. The minimum atomic E-state index is -1.01. The Kier molecular flexibility index (Phi) is 8.72. The fraction of sp³-hybridized carbons (Fsp3) is 0.591. The number of hydrogen-bond donors (Lipinski definition) is 0. The Hall–Kier alpha value is -2.97. The lowest BCUT2D eigenvalue weighted by molar-refractivity contribution is -0.151. The normalized spacial score (nSPS) is 12.5. The average molecular weight is 437 g/mol. The van der Waals surface area contributed by atoms with Gasteiger partial charge in [-0.1, -0.05) is 0 Å². The van der Waals surface area contributed by atoms with Crippen LogP contribution in [0.3, 0.4) is 0 Å². The molecule has 0 fully saturated rings. The van der Waals surface area contributed by atoms with Crippen LogP contribution in [0, 0.1) is 5.92 Å². The third-order valence-corrected chi connectivity index (χ3v) is 3.69. The van der Waals surface area contributed by atoms with Gasteiger partial charge < -0.3 is 14.2 Å². The van der Waals surface area contributed by atoms with E-state index in [1.54, 1.807) is 54.5 Å². The molecule has 0 aliphatic heterocycles. The van der Waals surface area contributed by atoms with Crippen molar-refractivity contribution < 1.29 is 33.4 Å². The largest absolute Gasteiger partial charge is 0.465 e. The van der Waals surface area contributed by atoms with E-state index in [9.17, 15) is 19.2 Å². The highest BCUT2D eigenvalue weighted by Crippen LogP contribution is 2.22. The van der Waals surface area contributed by atoms with Gasteiger partial charge >= 0.3 is 18.2 Å². The summed E-state index contributed by atoms with van der Waals surface area (Å²) >= 11 is 0. The molecule has 0 spiro atoms. The lowest BCUT2D eigenvalue weighted by atomic mass is 9.96. The van der Waals surface area contributed by atoms with Crippen LogP contribution in [0.1, 0.15) is 61.0 Å². The van der Waals surface area contributed by atoms with Crippen molar-refractivity contribution in [1.29, 1.82) is 0 Å². The third kappa shape index (κ3) is 8.74. The second-order valence-electron chi connectivity index (χ2n) is 8.94. The minimum absolute atomic E-state index is 0.0279. The van der Waals surface area contributed by atoms with E-state index < -0.39 is 35.3 Å². The monoisotopic (exact) mass is 436 g/mol. The van der Waals surface area contributed by atoms with Crippen LogP contribution in [0.15, 0.2) is 18.3 Å². The van der Waals surface area contributed by atoms with Crippen LogP contribution in [0.5, 0.6) is 0 Å². The first-order valence-corrected chi connectivity index (χ1v) is 10.0. The molecule has 0 bridgehead atoms. The molecule has 0 aliphatic rings. The number of nitrogens with zero attached hydrogens (tertiary/aromatic N) is 2. The number of carbonyl (C=O) groups is 4. The van der Waals surface area contributed by atoms with Crippen LogP contribution in [0.2, 0.25) is 0 Å². The minimum Gasteiger partial charge on any atom is -0.465 e. The van der Waals surface area contributed by atoms with Gasteiger partial charge in [-0.3, -0.25) is 9.59 Å². The summed E-state index contributed by atoms with van der Waals surface area (Å²) in [6, 6.07) is 3.02.